The van der Waals surface area contributed by atoms with Crippen molar-refractivity contribution in [3.63, 3.8) is 0 Å². The van der Waals surface area contributed by atoms with Crippen molar-refractivity contribution in [1.29, 1.82) is 0 Å². The molecule has 24 heavy (non-hydrogen) atoms. The van der Waals surface area contributed by atoms with Gasteiger partial charge in [-0.3, -0.25) is 0 Å². The highest BCUT2D eigenvalue weighted by atomic mass is 32.2. The molecule has 122 valence electrons. The molecule has 0 aliphatic heterocycles. The third-order valence-electron chi connectivity index (χ3n) is 3.79. The highest BCUT2D eigenvalue weighted by Crippen LogP contribution is 2.30. The van der Waals surface area contributed by atoms with E-state index >= 15 is 0 Å². The van der Waals surface area contributed by atoms with E-state index in [2.05, 4.69) is 85.8 Å². The molecule has 2 heteroatoms. The van der Waals surface area contributed by atoms with E-state index in [0.717, 1.165) is 0 Å². The number of benzene rings is 3. The van der Waals surface area contributed by atoms with Crippen molar-refractivity contribution >= 4 is 23.5 Å². The maximum Gasteiger partial charge on any atom is 0.0122 e. The molecule has 0 fully saturated rings. The van der Waals surface area contributed by atoms with Gasteiger partial charge in [0.05, 0.1) is 0 Å². The van der Waals surface area contributed by atoms with Crippen LogP contribution < -0.4 is 0 Å². The monoisotopic (exact) mass is 350 g/mol. The smallest absolute Gasteiger partial charge is 0.0122 e. The summed E-state index contributed by atoms with van der Waals surface area (Å²) in [6.45, 7) is 2.24. The van der Waals surface area contributed by atoms with Gasteiger partial charge in [0.2, 0.25) is 0 Å². The fourth-order valence-corrected chi connectivity index (χ4v) is 4.25. The SMILES string of the molecule is CCCCSc1ccc(-c2ccc(Sc3ccccc3)cc2)cc1. The number of thioether (sulfide) groups is 1. The molecule has 0 radical (unpaired) electrons. The Labute approximate surface area is 153 Å². The fraction of sp³-hybridized carbons (Fsp3) is 0.182. The highest BCUT2D eigenvalue weighted by molar-refractivity contribution is 7.99. The van der Waals surface area contributed by atoms with E-state index in [1.807, 2.05) is 11.8 Å². The lowest BCUT2D eigenvalue weighted by Gasteiger charge is -2.06. The molecular weight excluding hydrogens is 328 g/mol. The van der Waals surface area contributed by atoms with Crippen LogP contribution in [0.2, 0.25) is 0 Å². The maximum absolute atomic E-state index is 2.24. The van der Waals surface area contributed by atoms with Crippen LogP contribution in [0.5, 0.6) is 0 Å². The van der Waals surface area contributed by atoms with Crippen LogP contribution in [0.1, 0.15) is 19.8 Å². The largest absolute Gasteiger partial charge is 0.126 e. The lowest BCUT2D eigenvalue weighted by molar-refractivity contribution is 0.896. The van der Waals surface area contributed by atoms with Crippen LogP contribution in [-0.2, 0) is 0 Å². The van der Waals surface area contributed by atoms with Gasteiger partial charge in [-0.25, -0.2) is 0 Å². The Morgan fingerprint density at radius 3 is 1.75 bits per heavy atom. The predicted molar refractivity (Wildman–Crippen MR) is 108 cm³/mol. The normalized spacial score (nSPS) is 10.7. The predicted octanol–water partition coefficient (Wildman–Crippen LogP) is 7.40. The maximum atomic E-state index is 2.24. The lowest BCUT2D eigenvalue weighted by Crippen LogP contribution is -1.81. The summed E-state index contributed by atoms with van der Waals surface area (Å²) in [6, 6.07) is 28.3. The van der Waals surface area contributed by atoms with Crippen LogP contribution in [-0.4, -0.2) is 5.75 Å². The van der Waals surface area contributed by atoms with Gasteiger partial charge in [0.1, 0.15) is 0 Å². The van der Waals surface area contributed by atoms with E-state index in [1.165, 1.54) is 44.4 Å². The molecule has 0 aliphatic carbocycles. The summed E-state index contributed by atoms with van der Waals surface area (Å²) in [4.78, 5) is 3.92. The molecule has 0 heterocycles. The fourth-order valence-electron chi connectivity index (χ4n) is 2.42. The summed E-state index contributed by atoms with van der Waals surface area (Å²) in [6.07, 6.45) is 2.55. The van der Waals surface area contributed by atoms with Gasteiger partial charge >= 0.3 is 0 Å². The zero-order chi connectivity index (χ0) is 16.6. The van der Waals surface area contributed by atoms with Gasteiger partial charge in [-0.2, -0.15) is 0 Å². The van der Waals surface area contributed by atoms with Crippen molar-refractivity contribution in [1.82, 2.24) is 0 Å². The second kappa shape index (κ2) is 9.00. The zero-order valence-corrected chi connectivity index (χ0v) is 15.6. The van der Waals surface area contributed by atoms with Crippen LogP contribution in [0.4, 0.5) is 0 Å². The Morgan fingerprint density at radius 1 is 0.625 bits per heavy atom. The first kappa shape index (κ1) is 17.2. The quantitative estimate of drug-likeness (QED) is 0.322. The Hall–Kier alpha value is -1.64. The van der Waals surface area contributed by atoms with Crippen molar-refractivity contribution in [2.45, 2.75) is 34.5 Å². The molecular formula is C22H22S2. The van der Waals surface area contributed by atoms with Gasteiger partial charge in [-0.05, 0) is 59.7 Å². The van der Waals surface area contributed by atoms with E-state index in [9.17, 15) is 0 Å². The molecule has 3 aromatic carbocycles. The minimum absolute atomic E-state index is 1.21. The van der Waals surface area contributed by atoms with Gasteiger partial charge in [-0.1, -0.05) is 67.6 Å². The summed E-state index contributed by atoms with van der Waals surface area (Å²) in [5.74, 6) is 1.21. The van der Waals surface area contributed by atoms with Crippen molar-refractivity contribution in [3.05, 3.63) is 78.9 Å². The number of hydrogen-bond acceptors (Lipinski definition) is 2. The molecule has 0 aliphatic rings. The summed E-state index contributed by atoms with van der Waals surface area (Å²) >= 11 is 3.75. The van der Waals surface area contributed by atoms with Crippen LogP contribution in [0.15, 0.2) is 93.5 Å². The summed E-state index contributed by atoms with van der Waals surface area (Å²) in [5, 5.41) is 0. The Bertz CT molecular complexity index is 731. The molecule has 3 rings (SSSR count). The Morgan fingerprint density at radius 2 is 1.17 bits per heavy atom. The van der Waals surface area contributed by atoms with E-state index in [0.29, 0.717) is 0 Å². The molecule has 0 unspecified atom stereocenters. The average molecular weight is 351 g/mol. The molecule has 0 saturated carbocycles. The van der Waals surface area contributed by atoms with Gasteiger partial charge in [0.15, 0.2) is 0 Å². The summed E-state index contributed by atoms with van der Waals surface area (Å²) in [5.41, 5.74) is 2.56. The minimum Gasteiger partial charge on any atom is -0.126 e. The molecule has 0 N–H and O–H groups in total. The van der Waals surface area contributed by atoms with Gasteiger partial charge < -0.3 is 0 Å². The number of rotatable bonds is 7. The molecule has 0 aromatic heterocycles. The zero-order valence-electron chi connectivity index (χ0n) is 13.9. The number of hydrogen-bond donors (Lipinski definition) is 0. The first-order valence-corrected chi connectivity index (χ1v) is 10.2. The standard InChI is InChI=1S/C22H22S2/c1-2-3-17-23-20-13-9-18(10-14-20)19-11-15-22(16-12-19)24-21-7-5-4-6-8-21/h4-16H,2-3,17H2,1H3. The van der Waals surface area contributed by atoms with E-state index in [-0.39, 0.29) is 0 Å². The average Bonchev–Trinajstić information content (AvgIpc) is 2.64. The van der Waals surface area contributed by atoms with Crippen LogP contribution in [0.3, 0.4) is 0 Å². The summed E-state index contributed by atoms with van der Waals surface area (Å²) < 4.78 is 0. The van der Waals surface area contributed by atoms with Gasteiger partial charge in [0, 0.05) is 14.7 Å². The van der Waals surface area contributed by atoms with E-state index in [4.69, 9.17) is 0 Å². The van der Waals surface area contributed by atoms with Crippen molar-refractivity contribution in [2.75, 3.05) is 5.75 Å². The molecule has 0 nitrogen and oxygen atoms in total. The minimum atomic E-state index is 1.21. The molecule has 0 amide bonds. The highest BCUT2D eigenvalue weighted by Gasteiger charge is 2.01. The topological polar surface area (TPSA) is 0 Å². The second-order valence-electron chi connectivity index (χ2n) is 5.67. The first-order valence-electron chi connectivity index (χ1n) is 8.41. The van der Waals surface area contributed by atoms with Crippen LogP contribution in [0, 0.1) is 0 Å². The molecule has 0 bridgehead atoms. The van der Waals surface area contributed by atoms with Crippen molar-refractivity contribution < 1.29 is 0 Å². The molecule has 0 saturated heterocycles. The van der Waals surface area contributed by atoms with Gasteiger partial charge in [0.25, 0.3) is 0 Å². The van der Waals surface area contributed by atoms with Crippen LogP contribution in [0.25, 0.3) is 11.1 Å². The van der Waals surface area contributed by atoms with E-state index < -0.39 is 0 Å². The molecule has 0 atom stereocenters. The van der Waals surface area contributed by atoms with E-state index in [1.54, 1.807) is 11.8 Å². The lowest BCUT2D eigenvalue weighted by atomic mass is 10.1. The van der Waals surface area contributed by atoms with Gasteiger partial charge in [-0.15, -0.1) is 11.8 Å². The Balaban J connectivity index is 1.64. The molecule has 0 spiro atoms. The first-order chi connectivity index (χ1) is 11.8. The third kappa shape index (κ3) is 4.93. The number of unbranched alkanes of at least 4 members (excludes halogenated alkanes) is 1. The summed E-state index contributed by atoms with van der Waals surface area (Å²) in [7, 11) is 0. The Kier molecular flexibility index (Phi) is 6.45. The van der Waals surface area contributed by atoms with Crippen LogP contribution >= 0.6 is 23.5 Å². The van der Waals surface area contributed by atoms with Crippen molar-refractivity contribution in [2.24, 2.45) is 0 Å². The van der Waals surface area contributed by atoms with Crippen molar-refractivity contribution in [3.8, 4) is 11.1 Å². The molecule has 3 aromatic rings. The third-order valence-corrected chi connectivity index (χ3v) is 5.90. The second-order valence-corrected chi connectivity index (χ2v) is 7.98.